The predicted molar refractivity (Wildman–Crippen MR) is 150 cm³/mol. The normalized spacial score (nSPS) is 11.1. The molecule has 10 heteroatoms. The third-order valence-corrected chi connectivity index (χ3v) is 5.69. The van der Waals surface area contributed by atoms with E-state index >= 15 is 0 Å². The number of benzene rings is 2. The third kappa shape index (κ3) is 7.42. The van der Waals surface area contributed by atoms with Crippen molar-refractivity contribution in [2.75, 3.05) is 23.8 Å². The number of anilines is 2. The van der Waals surface area contributed by atoms with Gasteiger partial charge in [-0.25, -0.2) is 9.48 Å². The van der Waals surface area contributed by atoms with Gasteiger partial charge < -0.3 is 20.5 Å². The minimum atomic E-state index is -0.447. The van der Waals surface area contributed by atoms with E-state index in [0.717, 1.165) is 5.69 Å². The fraction of sp³-hybridized carbons (Fsp3) is 0.241. The van der Waals surface area contributed by atoms with Crippen molar-refractivity contribution in [1.29, 1.82) is 0 Å². The molecule has 0 spiro atoms. The number of hydrogen-bond acceptors (Lipinski definition) is 6. The summed E-state index contributed by atoms with van der Waals surface area (Å²) in [5.74, 6) is 1.49. The number of aliphatic hydroxyl groups excluding tert-OH is 1. The van der Waals surface area contributed by atoms with Gasteiger partial charge in [0.15, 0.2) is 0 Å². The van der Waals surface area contributed by atoms with Crippen LogP contribution in [0.4, 0.5) is 16.3 Å². The molecular weight excluding hydrogens is 496 g/mol. The predicted octanol–water partition coefficient (Wildman–Crippen LogP) is 5.11. The average Bonchev–Trinajstić information content (AvgIpc) is 3.35. The van der Waals surface area contributed by atoms with Crippen molar-refractivity contribution in [3.63, 3.8) is 0 Å². The SMILES string of the molecule is CC(C)(C)c1cc(NC(=O)Nc2ccc(Oc3ccncc3)cc2)n(-c2cccc(C(=O)NCCCO)c2)n1. The number of ether oxygens (including phenoxy) is 1. The Morgan fingerprint density at radius 3 is 2.36 bits per heavy atom. The van der Waals surface area contributed by atoms with E-state index in [1.165, 1.54) is 0 Å². The number of carbonyl (C=O) groups is 2. The summed E-state index contributed by atoms with van der Waals surface area (Å²) in [4.78, 5) is 29.4. The zero-order chi connectivity index (χ0) is 27.8. The first-order valence-electron chi connectivity index (χ1n) is 12.6. The maximum absolute atomic E-state index is 12.9. The Balaban J connectivity index is 1.50. The zero-order valence-electron chi connectivity index (χ0n) is 22.1. The summed E-state index contributed by atoms with van der Waals surface area (Å²) in [7, 11) is 0. The topological polar surface area (TPSA) is 130 Å². The van der Waals surface area contributed by atoms with E-state index in [1.54, 1.807) is 71.7 Å². The van der Waals surface area contributed by atoms with Crippen molar-refractivity contribution in [2.45, 2.75) is 32.6 Å². The molecule has 0 fully saturated rings. The highest BCUT2D eigenvalue weighted by Crippen LogP contribution is 2.27. The number of aromatic nitrogens is 3. The van der Waals surface area contributed by atoms with Crippen LogP contribution in [0.1, 0.15) is 43.2 Å². The monoisotopic (exact) mass is 528 g/mol. The Labute approximate surface area is 227 Å². The Morgan fingerprint density at radius 2 is 1.67 bits per heavy atom. The molecule has 202 valence electrons. The third-order valence-electron chi connectivity index (χ3n) is 5.69. The van der Waals surface area contributed by atoms with Crippen molar-refractivity contribution in [2.24, 2.45) is 0 Å². The number of amides is 3. The van der Waals surface area contributed by atoms with Gasteiger partial charge in [0.2, 0.25) is 0 Å². The lowest BCUT2D eigenvalue weighted by atomic mass is 9.92. The summed E-state index contributed by atoms with van der Waals surface area (Å²) >= 11 is 0. The lowest BCUT2D eigenvalue weighted by molar-refractivity contribution is 0.0951. The van der Waals surface area contributed by atoms with E-state index in [4.69, 9.17) is 14.9 Å². The van der Waals surface area contributed by atoms with Crippen LogP contribution in [0.15, 0.2) is 79.1 Å². The molecule has 10 nitrogen and oxygen atoms in total. The second kappa shape index (κ2) is 12.2. The van der Waals surface area contributed by atoms with Crippen molar-refractivity contribution in [3.8, 4) is 17.2 Å². The number of aliphatic hydroxyl groups is 1. The van der Waals surface area contributed by atoms with Crippen molar-refractivity contribution in [1.82, 2.24) is 20.1 Å². The van der Waals surface area contributed by atoms with E-state index in [2.05, 4.69) is 20.9 Å². The van der Waals surface area contributed by atoms with Gasteiger partial charge in [0.1, 0.15) is 17.3 Å². The maximum Gasteiger partial charge on any atom is 0.324 e. The standard InChI is InChI=1S/C29H32N6O4/c1-29(2,3)25-19-26(35(34-25)22-7-4-6-20(18-22)27(37)31-14-5-17-36)33-28(38)32-21-8-10-23(11-9-21)39-24-12-15-30-16-13-24/h4,6-13,15-16,18-19,36H,5,14,17H2,1-3H3,(H,31,37)(H2,32,33,38). The summed E-state index contributed by atoms with van der Waals surface area (Å²) in [6.45, 7) is 6.47. The van der Waals surface area contributed by atoms with Gasteiger partial charge >= 0.3 is 6.03 Å². The smallest absolute Gasteiger partial charge is 0.324 e. The lowest BCUT2D eigenvalue weighted by Crippen LogP contribution is -2.25. The van der Waals surface area contributed by atoms with Crippen molar-refractivity contribution in [3.05, 3.63) is 90.4 Å². The minimum Gasteiger partial charge on any atom is -0.457 e. The van der Waals surface area contributed by atoms with Crippen LogP contribution in [-0.2, 0) is 5.41 Å². The first-order chi connectivity index (χ1) is 18.7. The van der Waals surface area contributed by atoms with Crippen LogP contribution in [-0.4, -0.2) is 45.0 Å². The molecule has 0 saturated carbocycles. The molecule has 0 aliphatic carbocycles. The minimum absolute atomic E-state index is 0.00378. The molecule has 2 aromatic carbocycles. The van der Waals surface area contributed by atoms with Gasteiger partial charge in [-0.15, -0.1) is 0 Å². The first-order valence-corrected chi connectivity index (χ1v) is 12.6. The van der Waals surface area contributed by atoms with Gasteiger partial charge in [-0.2, -0.15) is 5.10 Å². The van der Waals surface area contributed by atoms with E-state index in [0.29, 0.717) is 47.2 Å². The molecule has 0 atom stereocenters. The van der Waals surface area contributed by atoms with Crippen LogP contribution in [0.25, 0.3) is 5.69 Å². The second-order valence-electron chi connectivity index (χ2n) is 9.85. The highest BCUT2D eigenvalue weighted by Gasteiger charge is 2.22. The maximum atomic E-state index is 12.9. The molecule has 2 aromatic heterocycles. The van der Waals surface area contributed by atoms with Gasteiger partial charge in [-0.1, -0.05) is 26.8 Å². The zero-order valence-corrected chi connectivity index (χ0v) is 22.1. The molecule has 0 radical (unpaired) electrons. The van der Waals surface area contributed by atoms with Crippen molar-refractivity contribution >= 4 is 23.4 Å². The first kappa shape index (κ1) is 27.3. The molecule has 0 unspecified atom stereocenters. The van der Waals surface area contributed by atoms with Crippen molar-refractivity contribution < 1.29 is 19.4 Å². The summed E-state index contributed by atoms with van der Waals surface area (Å²) < 4.78 is 7.38. The summed E-state index contributed by atoms with van der Waals surface area (Å²) in [5, 5.41) is 22.2. The molecule has 39 heavy (non-hydrogen) atoms. The molecule has 4 N–H and O–H groups in total. The molecule has 0 bridgehead atoms. The van der Waals surface area contributed by atoms with Crippen LogP contribution < -0.4 is 20.7 Å². The second-order valence-corrected chi connectivity index (χ2v) is 9.85. The van der Waals surface area contributed by atoms with Crippen LogP contribution >= 0.6 is 0 Å². The highest BCUT2D eigenvalue weighted by atomic mass is 16.5. The van der Waals surface area contributed by atoms with E-state index in [1.807, 2.05) is 32.9 Å². The molecule has 0 saturated heterocycles. The number of hydrogen-bond donors (Lipinski definition) is 4. The Hall–Kier alpha value is -4.70. The number of nitrogens with one attached hydrogen (secondary N) is 3. The van der Waals surface area contributed by atoms with Gasteiger partial charge in [-0.3, -0.25) is 15.1 Å². The lowest BCUT2D eigenvalue weighted by Gasteiger charge is -2.14. The van der Waals surface area contributed by atoms with Crippen LogP contribution in [0.5, 0.6) is 11.5 Å². The molecule has 2 heterocycles. The average molecular weight is 529 g/mol. The summed E-state index contributed by atoms with van der Waals surface area (Å²) in [6, 6.07) is 18.9. The Bertz CT molecular complexity index is 1410. The Kier molecular flexibility index (Phi) is 8.57. The fourth-order valence-corrected chi connectivity index (χ4v) is 3.62. The van der Waals surface area contributed by atoms with E-state index in [-0.39, 0.29) is 17.9 Å². The molecule has 4 rings (SSSR count). The summed E-state index contributed by atoms with van der Waals surface area (Å²) in [6.07, 6.45) is 3.77. The largest absolute Gasteiger partial charge is 0.457 e. The molecule has 4 aromatic rings. The van der Waals surface area contributed by atoms with Crippen LogP contribution in [0, 0.1) is 0 Å². The molecule has 0 aliphatic heterocycles. The number of nitrogens with zero attached hydrogens (tertiary/aromatic N) is 3. The van der Waals surface area contributed by atoms with Gasteiger partial charge in [0.25, 0.3) is 5.91 Å². The number of rotatable bonds is 9. The van der Waals surface area contributed by atoms with Crippen LogP contribution in [0.3, 0.4) is 0 Å². The van der Waals surface area contributed by atoms with Crippen LogP contribution in [0.2, 0.25) is 0 Å². The van der Waals surface area contributed by atoms with Gasteiger partial charge in [0, 0.05) is 48.3 Å². The summed E-state index contributed by atoms with van der Waals surface area (Å²) in [5.41, 5.74) is 2.14. The fourth-order valence-electron chi connectivity index (χ4n) is 3.62. The molecule has 0 aliphatic rings. The Morgan fingerprint density at radius 1 is 0.949 bits per heavy atom. The quantitative estimate of drug-likeness (QED) is 0.223. The highest BCUT2D eigenvalue weighted by molar-refractivity contribution is 5.99. The molecule has 3 amide bonds. The van der Waals surface area contributed by atoms with Gasteiger partial charge in [-0.05, 0) is 61.0 Å². The van der Waals surface area contributed by atoms with Gasteiger partial charge in [0.05, 0.1) is 11.4 Å². The van der Waals surface area contributed by atoms with E-state index < -0.39 is 6.03 Å². The molecular formula is C29H32N6O4. The number of pyridine rings is 1. The number of urea groups is 1. The number of carbonyl (C=O) groups excluding carboxylic acids is 2. The van der Waals surface area contributed by atoms with E-state index in [9.17, 15) is 9.59 Å².